The van der Waals surface area contributed by atoms with Crippen molar-refractivity contribution < 1.29 is 0 Å². The summed E-state index contributed by atoms with van der Waals surface area (Å²) in [6.45, 7) is 9.66. The van der Waals surface area contributed by atoms with Gasteiger partial charge in [0.25, 0.3) is 0 Å². The Morgan fingerprint density at radius 1 is 1.00 bits per heavy atom. The van der Waals surface area contributed by atoms with Crippen LogP contribution in [0.3, 0.4) is 0 Å². The summed E-state index contributed by atoms with van der Waals surface area (Å²) in [4.78, 5) is 0. The molecule has 0 nitrogen and oxygen atoms in total. The molecule has 0 spiro atoms. The second-order valence-corrected chi connectivity index (χ2v) is 11.5. The quantitative estimate of drug-likeness (QED) is 0.545. The Morgan fingerprint density at radius 3 is 1.56 bits per heavy atom. The van der Waals surface area contributed by atoms with E-state index in [1.807, 2.05) is 0 Å². The van der Waals surface area contributed by atoms with E-state index in [-0.39, 0.29) is 0 Å². The minimum atomic E-state index is 0.300. The van der Waals surface area contributed by atoms with Gasteiger partial charge in [0, 0.05) is 19.0 Å². The number of hydrogen-bond acceptors (Lipinski definition) is 0. The van der Waals surface area contributed by atoms with E-state index in [9.17, 15) is 0 Å². The fraction of sp³-hybridized carbons (Fsp3) is 1.00. The van der Waals surface area contributed by atoms with Crippen molar-refractivity contribution in [2.24, 2.45) is 0 Å². The summed E-state index contributed by atoms with van der Waals surface area (Å²) in [5.74, 6) is 0. The monoisotopic (exact) mass is 160 g/mol. The van der Waals surface area contributed by atoms with E-state index in [4.69, 9.17) is 0 Å². The predicted octanol–water partition coefficient (Wildman–Crippen LogP) is 1.36. The Kier molecular flexibility index (Phi) is 4.49. The van der Waals surface area contributed by atoms with Gasteiger partial charge in [-0.2, -0.15) is 0 Å². The third-order valence-corrected chi connectivity index (χ3v) is 7.68. The summed E-state index contributed by atoms with van der Waals surface area (Å²) < 4.78 is 0.878. The van der Waals surface area contributed by atoms with Crippen molar-refractivity contribution in [1.82, 2.24) is 0 Å². The Labute approximate surface area is 64.1 Å². The highest BCUT2D eigenvalue weighted by Crippen LogP contribution is 2.22. The standard InChI is InChI=1S/C7H20Si2/c1-5-8-7(3,4)9-6-2/h5-6,8-9H2,1-4H3. The molecule has 0 bridgehead atoms. The van der Waals surface area contributed by atoms with Gasteiger partial charge < -0.3 is 0 Å². The van der Waals surface area contributed by atoms with Crippen molar-refractivity contribution in [3.8, 4) is 0 Å². The lowest BCUT2D eigenvalue weighted by atomic mass is 10.5. The van der Waals surface area contributed by atoms with Gasteiger partial charge in [-0.1, -0.05) is 44.4 Å². The molecule has 0 aliphatic carbocycles. The maximum absolute atomic E-state index is 2.48. The zero-order valence-corrected chi connectivity index (χ0v) is 10.2. The van der Waals surface area contributed by atoms with Crippen LogP contribution in [0.15, 0.2) is 0 Å². The smallest absolute Gasteiger partial charge is 0.0221 e. The van der Waals surface area contributed by atoms with Gasteiger partial charge in [0.2, 0.25) is 0 Å². The molecule has 0 fully saturated rings. The van der Waals surface area contributed by atoms with E-state index in [1.165, 1.54) is 12.1 Å². The average Bonchev–Trinajstić information content (AvgIpc) is 1.64. The van der Waals surface area contributed by atoms with Crippen LogP contribution in [0.25, 0.3) is 0 Å². The Balaban J connectivity index is 3.43. The fourth-order valence-electron chi connectivity index (χ4n) is 1.48. The largest absolute Gasteiger partial charge is 0.0683 e. The molecular formula is C7H20Si2. The lowest BCUT2D eigenvalue weighted by Gasteiger charge is -2.21. The molecule has 0 aliphatic heterocycles. The molecule has 0 saturated carbocycles. The second-order valence-electron chi connectivity index (χ2n) is 3.66. The molecule has 0 radical (unpaired) electrons. The summed E-state index contributed by atoms with van der Waals surface area (Å²) in [6, 6.07) is 3.00. The zero-order valence-electron chi connectivity index (χ0n) is 7.33. The van der Waals surface area contributed by atoms with E-state index < -0.39 is 0 Å². The van der Waals surface area contributed by atoms with Gasteiger partial charge in [0.05, 0.1) is 0 Å². The van der Waals surface area contributed by atoms with E-state index in [0.29, 0.717) is 19.0 Å². The van der Waals surface area contributed by atoms with Crippen molar-refractivity contribution >= 4 is 19.0 Å². The van der Waals surface area contributed by atoms with Crippen LogP contribution in [0.1, 0.15) is 27.7 Å². The summed E-state index contributed by atoms with van der Waals surface area (Å²) in [7, 11) is 0.601. The van der Waals surface area contributed by atoms with Gasteiger partial charge in [-0.05, 0) is 0 Å². The predicted molar refractivity (Wildman–Crippen MR) is 52.1 cm³/mol. The molecule has 0 aromatic heterocycles. The first kappa shape index (κ1) is 9.43. The van der Waals surface area contributed by atoms with Gasteiger partial charge in [-0.25, -0.2) is 0 Å². The molecule has 0 atom stereocenters. The molecule has 0 N–H and O–H groups in total. The molecular weight excluding hydrogens is 140 g/mol. The molecule has 0 aliphatic rings. The Morgan fingerprint density at radius 2 is 1.33 bits per heavy atom. The highest BCUT2D eigenvalue weighted by molar-refractivity contribution is 6.61. The Bertz CT molecular complexity index is 61.3. The van der Waals surface area contributed by atoms with Crippen molar-refractivity contribution in [3.05, 3.63) is 0 Å². The SMILES string of the molecule is CC[SiH2]C(C)(C)[SiH2]CC. The average molecular weight is 160 g/mol. The zero-order chi connectivity index (χ0) is 7.33. The van der Waals surface area contributed by atoms with Gasteiger partial charge in [0.15, 0.2) is 0 Å². The molecule has 0 unspecified atom stereocenters. The van der Waals surface area contributed by atoms with E-state index in [0.717, 1.165) is 4.66 Å². The van der Waals surface area contributed by atoms with Gasteiger partial charge in [-0.3, -0.25) is 0 Å². The van der Waals surface area contributed by atoms with Crippen LogP contribution in [0, 0.1) is 0 Å². The van der Waals surface area contributed by atoms with Crippen LogP contribution in [0.4, 0.5) is 0 Å². The molecule has 0 aromatic rings. The first-order valence-corrected chi connectivity index (χ1v) is 7.54. The first-order chi connectivity index (χ1) is 4.12. The molecule has 9 heavy (non-hydrogen) atoms. The van der Waals surface area contributed by atoms with E-state index >= 15 is 0 Å². The maximum atomic E-state index is 2.48. The van der Waals surface area contributed by atoms with E-state index in [1.54, 1.807) is 0 Å². The van der Waals surface area contributed by atoms with Crippen molar-refractivity contribution in [3.63, 3.8) is 0 Å². The van der Waals surface area contributed by atoms with E-state index in [2.05, 4.69) is 27.7 Å². The molecule has 0 saturated heterocycles. The topological polar surface area (TPSA) is 0 Å². The maximum Gasteiger partial charge on any atom is 0.0221 e. The van der Waals surface area contributed by atoms with Crippen molar-refractivity contribution in [2.75, 3.05) is 0 Å². The van der Waals surface area contributed by atoms with Gasteiger partial charge >= 0.3 is 0 Å². The van der Waals surface area contributed by atoms with Crippen molar-refractivity contribution in [1.29, 1.82) is 0 Å². The lowest BCUT2D eigenvalue weighted by Crippen LogP contribution is -2.18. The second kappa shape index (κ2) is 4.28. The third kappa shape index (κ3) is 4.91. The van der Waals surface area contributed by atoms with Crippen LogP contribution in [0.5, 0.6) is 0 Å². The highest BCUT2D eigenvalue weighted by atomic mass is 28.3. The van der Waals surface area contributed by atoms with Gasteiger partial charge in [-0.15, -0.1) is 0 Å². The Hall–Kier alpha value is 0.434. The normalized spacial score (nSPS) is 14.7. The molecule has 0 amide bonds. The minimum Gasteiger partial charge on any atom is -0.0683 e. The van der Waals surface area contributed by atoms with Gasteiger partial charge in [0.1, 0.15) is 0 Å². The summed E-state index contributed by atoms with van der Waals surface area (Å²) in [6.07, 6.45) is 0. The summed E-state index contributed by atoms with van der Waals surface area (Å²) in [5, 5.41) is 0. The number of rotatable bonds is 4. The van der Waals surface area contributed by atoms with Crippen LogP contribution in [-0.2, 0) is 0 Å². The minimum absolute atomic E-state index is 0.300. The first-order valence-electron chi connectivity index (χ1n) is 4.12. The van der Waals surface area contributed by atoms with Crippen LogP contribution >= 0.6 is 0 Å². The molecule has 56 valence electrons. The molecule has 0 heterocycles. The fourth-order valence-corrected chi connectivity index (χ4v) is 7.31. The molecule has 0 rings (SSSR count). The summed E-state index contributed by atoms with van der Waals surface area (Å²) >= 11 is 0. The van der Waals surface area contributed by atoms with Crippen LogP contribution in [-0.4, -0.2) is 19.0 Å². The van der Waals surface area contributed by atoms with Crippen LogP contribution < -0.4 is 0 Å². The highest BCUT2D eigenvalue weighted by Gasteiger charge is 2.15. The van der Waals surface area contributed by atoms with Crippen molar-refractivity contribution in [2.45, 2.75) is 44.4 Å². The number of hydrogen-bond donors (Lipinski definition) is 0. The molecule has 2 heteroatoms. The molecule has 0 aromatic carbocycles. The van der Waals surface area contributed by atoms with Crippen LogP contribution in [0.2, 0.25) is 16.7 Å². The third-order valence-electron chi connectivity index (χ3n) is 1.85. The lowest BCUT2D eigenvalue weighted by molar-refractivity contribution is 0.923. The summed E-state index contributed by atoms with van der Waals surface area (Å²) in [5.41, 5.74) is 0.